The molecular formula is C15H24N2O. The van der Waals surface area contributed by atoms with Gasteiger partial charge in [0.15, 0.2) is 0 Å². The van der Waals surface area contributed by atoms with Gasteiger partial charge in [-0.1, -0.05) is 24.1 Å². The molecule has 100 valence electrons. The number of hydrogen-bond acceptors (Lipinski definition) is 3. The van der Waals surface area contributed by atoms with Gasteiger partial charge >= 0.3 is 0 Å². The van der Waals surface area contributed by atoms with Crippen molar-refractivity contribution >= 4 is 0 Å². The number of nitrogens with zero attached hydrogens (tertiary/aromatic N) is 1. The first-order valence-electron chi connectivity index (χ1n) is 6.93. The first-order valence-corrected chi connectivity index (χ1v) is 6.93. The van der Waals surface area contributed by atoms with Crippen LogP contribution in [0.25, 0.3) is 0 Å². The standard InChI is InChI=1S/C15H24N2O/c1-13-5-7-15(8-6-13)18-12-14(11-16)17-9-3-2-4-10-17/h5-8,14H,2-4,9-12,16H2,1H3. The lowest BCUT2D eigenvalue weighted by Crippen LogP contribution is -2.46. The number of aryl methyl sites for hydroxylation is 1. The van der Waals surface area contributed by atoms with E-state index in [1.54, 1.807) is 0 Å². The van der Waals surface area contributed by atoms with Crippen molar-refractivity contribution in [1.29, 1.82) is 0 Å². The normalized spacial score (nSPS) is 18.6. The summed E-state index contributed by atoms with van der Waals surface area (Å²) in [7, 11) is 0. The molecule has 0 radical (unpaired) electrons. The predicted molar refractivity (Wildman–Crippen MR) is 74.9 cm³/mol. The summed E-state index contributed by atoms with van der Waals surface area (Å²) >= 11 is 0. The fourth-order valence-corrected chi connectivity index (χ4v) is 2.43. The molecule has 0 aliphatic carbocycles. The van der Waals surface area contributed by atoms with Gasteiger partial charge in [0, 0.05) is 6.54 Å². The average molecular weight is 248 g/mol. The molecule has 1 aliphatic heterocycles. The van der Waals surface area contributed by atoms with Crippen molar-refractivity contribution in [3.05, 3.63) is 29.8 Å². The summed E-state index contributed by atoms with van der Waals surface area (Å²) in [6.45, 7) is 5.78. The van der Waals surface area contributed by atoms with E-state index in [1.807, 2.05) is 12.1 Å². The molecule has 0 bridgehead atoms. The molecule has 0 aromatic heterocycles. The number of piperidine rings is 1. The highest BCUT2D eigenvalue weighted by atomic mass is 16.5. The molecule has 1 heterocycles. The summed E-state index contributed by atoms with van der Waals surface area (Å²) in [5.41, 5.74) is 7.13. The molecule has 1 atom stereocenters. The molecule has 1 saturated heterocycles. The van der Waals surface area contributed by atoms with Crippen LogP contribution in [0, 0.1) is 6.92 Å². The Morgan fingerprint density at radius 1 is 1.17 bits per heavy atom. The smallest absolute Gasteiger partial charge is 0.119 e. The van der Waals surface area contributed by atoms with Crippen molar-refractivity contribution in [2.75, 3.05) is 26.2 Å². The Labute approximate surface area is 110 Å². The lowest BCUT2D eigenvalue weighted by molar-refractivity contribution is 0.118. The summed E-state index contributed by atoms with van der Waals surface area (Å²) < 4.78 is 5.85. The molecule has 18 heavy (non-hydrogen) atoms. The van der Waals surface area contributed by atoms with E-state index in [-0.39, 0.29) is 0 Å². The average Bonchev–Trinajstić information content (AvgIpc) is 2.43. The zero-order valence-corrected chi connectivity index (χ0v) is 11.3. The van der Waals surface area contributed by atoms with Crippen molar-refractivity contribution < 1.29 is 4.74 Å². The van der Waals surface area contributed by atoms with Gasteiger partial charge in [0.1, 0.15) is 12.4 Å². The lowest BCUT2D eigenvalue weighted by Gasteiger charge is -2.33. The monoisotopic (exact) mass is 248 g/mol. The Kier molecular flexibility index (Phi) is 5.02. The van der Waals surface area contributed by atoms with E-state index in [9.17, 15) is 0 Å². The number of benzene rings is 1. The quantitative estimate of drug-likeness (QED) is 0.868. The predicted octanol–water partition coefficient (Wildman–Crippen LogP) is 2.19. The van der Waals surface area contributed by atoms with Gasteiger partial charge in [0.2, 0.25) is 0 Å². The first kappa shape index (κ1) is 13.4. The molecule has 0 saturated carbocycles. The third-order valence-electron chi connectivity index (χ3n) is 3.64. The zero-order chi connectivity index (χ0) is 12.8. The Morgan fingerprint density at radius 3 is 2.44 bits per heavy atom. The van der Waals surface area contributed by atoms with Crippen LogP contribution in [0.4, 0.5) is 0 Å². The summed E-state index contributed by atoms with van der Waals surface area (Å²) in [5.74, 6) is 0.941. The Hall–Kier alpha value is -1.06. The second-order valence-electron chi connectivity index (χ2n) is 5.11. The fraction of sp³-hybridized carbons (Fsp3) is 0.600. The molecule has 1 unspecified atom stereocenters. The van der Waals surface area contributed by atoms with Gasteiger partial charge < -0.3 is 10.5 Å². The van der Waals surface area contributed by atoms with Gasteiger partial charge in [-0.25, -0.2) is 0 Å². The van der Waals surface area contributed by atoms with Crippen molar-refractivity contribution in [3.63, 3.8) is 0 Å². The van der Waals surface area contributed by atoms with Gasteiger partial charge in [-0.2, -0.15) is 0 Å². The molecule has 1 aromatic rings. The minimum absolute atomic E-state index is 0.353. The maximum absolute atomic E-state index is 5.87. The van der Waals surface area contributed by atoms with Crippen molar-refractivity contribution in [2.45, 2.75) is 32.2 Å². The molecule has 1 aromatic carbocycles. The van der Waals surface area contributed by atoms with E-state index in [1.165, 1.54) is 37.9 Å². The minimum atomic E-state index is 0.353. The van der Waals surface area contributed by atoms with E-state index >= 15 is 0 Å². The van der Waals surface area contributed by atoms with Crippen LogP contribution in [0.5, 0.6) is 5.75 Å². The van der Waals surface area contributed by atoms with Crippen LogP contribution in [-0.2, 0) is 0 Å². The van der Waals surface area contributed by atoms with Crippen LogP contribution >= 0.6 is 0 Å². The molecule has 2 N–H and O–H groups in total. The summed E-state index contributed by atoms with van der Waals surface area (Å²) in [6.07, 6.45) is 3.94. The first-order chi connectivity index (χ1) is 8.79. The minimum Gasteiger partial charge on any atom is -0.492 e. The molecule has 3 heteroatoms. The van der Waals surface area contributed by atoms with E-state index in [2.05, 4.69) is 24.0 Å². The van der Waals surface area contributed by atoms with Crippen LogP contribution in [-0.4, -0.2) is 37.2 Å². The van der Waals surface area contributed by atoms with Gasteiger partial charge in [0.05, 0.1) is 6.04 Å². The number of hydrogen-bond donors (Lipinski definition) is 1. The second kappa shape index (κ2) is 6.76. The fourth-order valence-electron chi connectivity index (χ4n) is 2.43. The van der Waals surface area contributed by atoms with Crippen LogP contribution in [0.2, 0.25) is 0 Å². The molecule has 1 aliphatic rings. The maximum Gasteiger partial charge on any atom is 0.119 e. The second-order valence-corrected chi connectivity index (χ2v) is 5.11. The van der Waals surface area contributed by atoms with E-state index in [0.717, 1.165) is 5.75 Å². The number of rotatable bonds is 5. The van der Waals surface area contributed by atoms with Crippen molar-refractivity contribution in [1.82, 2.24) is 4.90 Å². The van der Waals surface area contributed by atoms with Gasteiger partial charge in [-0.3, -0.25) is 4.90 Å². The van der Waals surface area contributed by atoms with Crippen LogP contribution < -0.4 is 10.5 Å². The van der Waals surface area contributed by atoms with Crippen LogP contribution in [0.1, 0.15) is 24.8 Å². The SMILES string of the molecule is Cc1ccc(OCC(CN)N2CCCCC2)cc1. The Balaban J connectivity index is 1.84. The third kappa shape index (κ3) is 3.72. The molecule has 0 spiro atoms. The highest BCUT2D eigenvalue weighted by molar-refractivity contribution is 5.26. The van der Waals surface area contributed by atoms with Gasteiger partial charge in [-0.15, -0.1) is 0 Å². The highest BCUT2D eigenvalue weighted by Crippen LogP contribution is 2.15. The summed E-state index contributed by atoms with van der Waals surface area (Å²) in [5, 5.41) is 0. The Bertz CT molecular complexity index is 344. The van der Waals surface area contributed by atoms with Gasteiger partial charge in [-0.05, 0) is 45.0 Å². The number of ether oxygens (including phenoxy) is 1. The van der Waals surface area contributed by atoms with Crippen molar-refractivity contribution in [2.24, 2.45) is 5.73 Å². The zero-order valence-electron chi connectivity index (χ0n) is 11.3. The molecular weight excluding hydrogens is 224 g/mol. The van der Waals surface area contributed by atoms with E-state index in [4.69, 9.17) is 10.5 Å². The highest BCUT2D eigenvalue weighted by Gasteiger charge is 2.19. The van der Waals surface area contributed by atoms with Gasteiger partial charge in [0.25, 0.3) is 0 Å². The summed E-state index contributed by atoms with van der Waals surface area (Å²) in [4.78, 5) is 2.47. The molecule has 3 nitrogen and oxygen atoms in total. The molecule has 0 amide bonds. The van der Waals surface area contributed by atoms with Crippen molar-refractivity contribution in [3.8, 4) is 5.75 Å². The van der Waals surface area contributed by atoms with Crippen LogP contribution in [0.15, 0.2) is 24.3 Å². The topological polar surface area (TPSA) is 38.5 Å². The maximum atomic E-state index is 5.87. The molecule has 2 rings (SSSR count). The number of likely N-dealkylation sites (tertiary alicyclic amines) is 1. The summed E-state index contributed by atoms with van der Waals surface area (Å²) in [6, 6.07) is 8.56. The third-order valence-corrected chi connectivity index (χ3v) is 3.64. The molecule has 1 fully saturated rings. The largest absolute Gasteiger partial charge is 0.492 e. The Morgan fingerprint density at radius 2 is 1.83 bits per heavy atom. The van der Waals surface area contributed by atoms with E-state index in [0.29, 0.717) is 19.2 Å². The number of nitrogens with two attached hydrogens (primary N) is 1. The lowest BCUT2D eigenvalue weighted by atomic mass is 10.1. The van der Waals surface area contributed by atoms with E-state index < -0.39 is 0 Å². The van der Waals surface area contributed by atoms with Crippen LogP contribution in [0.3, 0.4) is 0 Å².